The molecule has 1 aromatic heterocycles. The highest BCUT2D eigenvalue weighted by atomic mass is 14.9. The third kappa shape index (κ3) is 1.16. The zero-order chi connectivity index (χ0) is 9.14. The number of hydrogen-bond acceptors (Lipinski definition) is 5. The molecule has 5 heteroatoms. The van der Waals surface area contributed by atoms with Gasteiger partial charge < -0.3 is 5.73 Å². The predicted molar refractivity (Wildman–Crippen MR) is 40.6 cm³/mol. The van der Waals surface area contributed by atoms with Gasteiger partial charge in [-0.2, -0.15) is 10.5 Å². The van der Waals surface area contributed by atoms with Crippen molar-refractivity contribution in [1.29, 1.82) is 10.5 Å². The van der Waals surface area contributed by atoms with E-state index in [1.165, 1.54) is 0 Å². The van der Waals surface area contributed by atoms with E-state index >= 15 is 0 Å². The summed E-state index contributed by atoms with van der Waals surface area (Å²) < 4.78 is 0. The van der Waals surface area contributed by atoms with Gasteiger partial charge in [0.2, 0.25) is 0 Å². The molecule has 0 atom stereocenters. The third-order valence-electron chi connectivity index (χ3n) is 1.32. The Balaban J connectivity index is 3.44. The average molecular weight is 159 g/mol. The molecule has 0 saturated heterocycles. The monoisotopic (exact) mass is 159 g/mol. The maximum atomic E-state index is 8.52. The van der Waals surface area contributed by atoms with Crippen molar-refractivity contribution in [2.24, 2.45) is 0 Å². The largest absolute Gasteiger partial charge is 0.382 e. The molecule has 2 N–H and O–H groups in total. The number of rotatable bonds is 0. The second kappa shape index (κ2) is 2.85. The van der Waals surface area contributed by atoms with E-state index in [0.29, 0.717) is 5.69 Å². The van der Waals surface area contributed by atoms with Gasteiger partial charge in [0.05, 0.1) is 5.69 Å². The number of nitrogen functional groups attached to an aromatic ring is 1. The molecule has 5 nitrogen and oxygen atoms in total. The van der Waals surface area contributed by atoms with Crippen molar-refractivity contribution in [2.45, 2.75) is 6.92 Å². The molecule has 0 bridgehead atoms. The summed E-state index contributed by atoms with van der Waals surface area (Å²) in [7, 11) is 0. The van der Waals surface area contributed by atoms with Crippen LogP contribution in [-0.4, -0.2) is 9.97 Å². The second-order valence-electron chi connectivity index (χ2n) is 2.12. The first-order chi connectivity index (χ1) is 5.69. The van der Waals surface area contributed by atoms with Crippen molar-refractivity contribution < 1.29 is 0 Å². The van der Waals surface area contributed by atoms with E-state index in [1.54, 1.807) is 19.1 Å². The Labute approximate surface area is 69.1 Å². The standard InChI is InChI=1S/C7H5N5/c1-4-7(10)12-6(3-9)5(2-8)11-4/h1H3,(H2,10,12). The van der Waals surface area contributed by atoms with Crippen molar-refractivity contribution in [3.63, 3.8) is 0 Å². The van der Waals surface area contributed by atoms with Crippen molar-refractivity contribution in [3.8, 4) is 12.1 Å². The summed E-state index contributed by atoms with van der Waals surface area (Å²) in [6.07, 6.45) is 0. The Morgan fingerprint density at radius 1 is 1.17 bits per heavy atom. The summed E-state index contributed by atoms with van der Waals surface area (Å²) >= 11 is 0. The Kier molecular flexibility index (Phi) is 1.89. The molecule has 12 heavy (non-hydrogen) atoms. The van der Waals surface area contributed by atoms with Gasteiger partial charge in [0.25, 0.3) is 0 Å². The van der Waals surface area contributed by atoms with Gasteiger partial charge in [-0.3, -0.25) is 0 Å². The lowest BCUT2D eigenvalue weighted by molar-refractivity contribution is 1.08. The summed E-state index contributed by atoms with van der Waals surface area (Å²) in [6, 6.07) is 3.50. The van der Waals surface area contributed by atoms with Crippen LogP contribution in [0.3, 0.4) is 0 Å². The van der Waals surface area contributed by atoms with Crippen LogP contribution in [0.1, 0.15) is 17.1 Å². The number of hydrogen-bond donors (Lipinski definition) is 1. The van der Waals surface area contributed by atoms with Crippen LogP contribution >= 0.6 is 0 Å². The molecule has 0 aromatic carbocycles. The van der Waals surface area contributed by atoms with E-state index in [1.807, 2.05) is 0 Å². The molecule has 0 aliphatic rings. The summed E-state index contributed by atoms with van der Waals surface area (Å²) in [4.78, 5) is 7.48. The first-order valence-corrected chi connectivity index (χ1v) is 3.13. The Morgan fingerprint density at radius 3 is 2.17 bits per heavy atom. The highest BCUT2D eigenvalue weighted by Gasteiger charge is 2.07. The van der Waals surface area contributed by atoms with Crippen LogP contribution in [0.25, 0.3) is 0 Å². The summed E-state index contributed by atoms with van der Waals surface area (Å²) in [5.41, 5.74) is 5.84. The van der Waals surface area contributed by atoms with Crippen LogP contribution in [-0.2, 0) is 0 Å². The lowest BCUT2D eigenvalue weighted by Crippen LogP contribution is -2.02. The molecule has 0 aliphatic heterocycles. The molecule has 1 aromatic rings. The summed E-state index contributed by atoms with van der Waals surface area (Å²) in [5.74, 6) is 0.186. The summed E-state index contributed by atoms with van der Waals surface area (Å²) in [6.45, 7) is 1.63. The molecule has 1 rings (SSSR count). The van der Waals surface area contributed by atoms with Crippen LogP contribution in [0.2, 0.25) is 0 Å². The molecular weight excluding hydrogens is 154 g/mol. The first kappa shape index (κ1) is 7.96. The molecule has 0 radical (unpaired) electrons. The van der Waals surface area contributed by atoms with Crippen LogP contribution in [0.5, 0.6) is 0 Å². The van der Waals surface area contributed by atoms with Crippen LogP contribution in [0, 0.1) is 29.6 Å². The van der Waals surface area contributed by atoms with Gasteiger partial charge in [-0.1, -0.05) is 0 Å². The minimum absolute atomic E-state index is 0.0178. The molecular formula is C7H5N5. The zero-order valence-corrected chi connectivity index (χ0v) is 6.37. The van der Waals surface area contributed by atoms with E-state index in [9.17, 15) is 0 Å². The van der Waals surface area contributed by atoms with E-state index in [2.05, 4.69) is 9.97 Å². The maximum Gasteiger partial charge on any atom is 0.179 e. The third-order valence-corrected chi connectivity index (χ3v) is 1.32. The van der Waals surface area contributed by atoms with Gasteiger partial charge in [0.15, 0.2) is 11.4 Å². The normalized spacial score (nSPS) is 8.58. The quantitative estimate of drug-likeness (QED) is 0.579. The van der Waals surface area contributed by atoms with E-state index in [-0.39, 0.29) is 17.2 Å². The molecule has 0 spiro atoms. The molecule has 0 aliphatic carbocycles. The number of aryl methyl sites for hydroxylation is 1. The van der Waals surface area contributed by atoms with E-state index in [0.717, 1.165) is 0 Å². The van der Waals surface area contributed by atoms with Crippen molar-refractivity contribution in [1.82, 2.24) is 9.97 Å². The van der Waals surface area contributed by atoms with Gasteiger partial charge in [0, 0.05) is 0 Å². The zero-order valence-electron chi connectivity index (χ0n) is 6.37. The topological polar surface area (TPSA) is 99.4 Å². The maximum absolute atomic E-state index is 8.52. The lowest BCUT2D eigenvalue weighted by Gasteiger charge is -1.98. The Hall–Kier alpha value is -2.14. The minimum Gasteiger partial charge on any atom is -0.382 e. The first-order valence-electron chi connectivity index (χ1n) is 3.13. The number of nitriles is 2. The molecule has 0 unspecified atom stereocenters. The average Bonchev–Trinajstić information content (AvgIpc) is 2.09. The number of nitrogens with zero attached hydrogens (tertiary/aromatic N) is 4. The highest BCUT2D eigenvalue weighted by Crippen LogP contribution is 2.07. The SMILES string of the molecule is Cc1nc(C#N)c(C#N)nc1N. The Morgan fingerprint density at radius 2 is 1.67 bits per heavy atom. The van der Waals surface area contributed by atoms with E-state index in [4.69, 9.17) is 16.3 Å². The fourth-order valence-corrected chi connectivity index (χ4v) is 0.688. The predicted octanol–water partition coefficient (Wildman–Crippen LogP) is 0.111. The van der Waals surface area contributed by atoms with Crippen molar-refractivity contribution in [3.05, 3.63) is 17.1 Å². The number of aromatic nitrogens is 2. The van der Waals surface area contributed by atoms with Crippen LogP contribution in [0.15, 0.2) is 0 Å². The molecule has 0 saturated carbocycles. The van der Waals surface area contributed by atoms with Gasteiger partial charge in [-0.05, 0) is 6.92 Å². The number of nitrogens with two attached hydrogens (primary N) is 1. The van der Waals surface area contributed by atoms with Gasteiger partial charge in [-0.15, -0.1) is 0 Å². The van der Waals surface area contributed by atoms with Gasteiger partial charge >= 0.3 is 0 Å². The smallest absolute Gasteiger partial charge is 0.179 e. The second-order valence-corrected chi connectivity index (χ2v) is 2.12. The van der Waals surface area contributed by atoms with Gasteiger partial charge in [-0.25, -0.2) is 9.97 Å². The van der Waals surface area contributed by atoms with Crippen LogP contribution in [0.4, 0.5) is 5.82 Å². The van der Waals surface area contributed by atoms with E-state index < -0.39 is 0 Å². The van der Waals surface area contributed by atoms with Crippen molar-refractivity contribution in [2.75, 3.05) is 5.73 Å². The Bertz CT molecular complexity index is 356. The van der Waals surface area contributed by atoms with Crippen molar-refractivity contribution >= 4 is 5.82 Å². The molecule has 0 fully saturated rings. The molecule has 1 heterocycles. The fraction of sp³-hybridized carbons (Fsp3) is 0.143. The summed E-state index contributed by atoms with van der Waals surface area (Å²) in [5, 5.41) is 17.0. The number of anilines is 1. The lowest BCUT2D eigenvalue weighted by atomic mass is 10.3. The molecule has 0 amide bonds. The van der Waals surface area contributed by atoms with Crippen LogP contribution < -0.4 is 5.73 Å². The fourth-order valence-electron chi connectivity index (χ4n) is 0.688. The highest BCUT2D eigenvalue weighted by molar-refractivity contribution is 5.43. The van der Waals surface area contributed by atoms with Gasteiger partial charge in [0.1, 0.15) is 18.0 Å². The molecule has 58 valence electrons. The minimum atomic E-state index is -0.0272.